The number of fused-ring (bicyclic) bond motifs is 4. The van der Waals surface area contributed by atoms with Crippen LogP contribution in [0.25, 0.3) is 28.4 Å². The lowest BCUT2D eigenvalue weighted by atomic mass is 9.85. The summed E-state index contributed by atoms with van der Waals surface area (Å²) in [5.41, 5.74) is 0.962. The molecule has 4 amide bonds. The number of alkyl carbamates (subject to hydrolysis) is 1. The van der Waals surface area contributed by atoms with Crippen LogP contribution in [0.15, 0.2) is 67.3 Å². The van der Waals surface area contributed by atoms with E-state index < -0.39 is 74.1 Å². The summed E-state index contributed by atoms with van der Waals surface area (Å²) >= 11 is 0. The number of amides is 4. The fourth-order valence-electron chi connectivity index (χ4n) is 7.14. The molecule has 3 N–H and O–H groups in total. The topological polar surface area (TPSA) is 186 Å². The quantitative estimate of drug-likeness (QED) is 0.293. The molecule has 2 aliphatic heterocycles. The Morgan fingerprint density at radius 3 is 2.53 bits per heavy atom. The summed E-state index contributed by atoms with van der Waals surface area (Å²) in [6.07, 6.45) is 6.11. The number of sulfonamides is 1. The lowest BCUT2D eigenvalue weighted by molar-refractivity contribution is -0.142. The number of allylic oxidation sites excluding steroid dienone is 1. The molecule has 4 aliphatic rings. The Bertz CT molecular complexity index is 2170. The number of rotatable bonds is 7. The first-order chi connectivity index (χ1) is 26.2. The average Bonchev–Trinajstić information content (AvgIpc) is 4.08. The Kier molecular flexibility index (Phi) is 10.2. The van der Waals surface area contributed by atoms with Crippen molar-refractivity contribution in [3.63, 3.8) is 0 Å². The van der Waals surface area contributed by atoms with Crippen LogP contribution in [0.5, 0.6) is 5.88 Å². The van der Waals surface area contributed by atoms with Crippen LogP contribution in [0, 0.1) is 11.3 Å². The van der Waals surface area contributed by atoms with E-state index in [2.05, 4.69) is 21.9 Å². The molecule has 290 valence electrons. The predicted octanol–water partition coefficient (Wildman–Crippen LogP) is 4.26. The van der Waals surface area contributed by atoms with Gasteiger partial charge in [0.2, 0.25) is 27.7 Å². The molecule has 0 radical (unpaired) electrons. The van der Waals surface area contributed by atoms with Gasteiger partial charge in [0.1, 0.15) is 29.4 Å². The lowest BCUT2D eigenvalue weighted by Crippen LogP contribution is -2.60. The van der Waals surface area contributed by atoms with Crippen molar-refractivity contribution in [2.45, 2.75) is 88.3 Å². The maximum Gasteiger partial charge on any atom is 0.407 e. The summed E-state index contributed by atoms with van der Waals surface area (Å²) < 4.78 is 39.7. The first kappa shape index (κ1) is 38.0. The SMILES string of the molecule is C=C[C@@H]1C[C@@]1(NC(=O)[C@@H]1C[C@@H]2CN1C(=O)[C@H](C(C)(C)C)NC(=O)OCCC/C=C/c1ccc3nc(-c4ccccc4)c(nc3c1)O2)C(=O)NS(=O)(=O)C1CC1. The molecule has 55 heavy (non-hydrogen) atoms. The molecular weight excluding hydrogens is 725 g/mol. The highest BCUT2D eigenvalue weighted by Crippen LogP contribution is 2.45. The number of cyclic esters (lactones) is 1. The fourth-order valence-corrected chi connectivity index (χ4v) is 8.50. The van der Waals surface area contributed by atoms with E-state index in [1.807, 2.05) is 60.7 Å². The summed E-state index contributed by atoms with van der Waals surface area (Å²) in [5.74, 6) is -2.40. The molecule has 0 unspecified atom stereocenters. The van der Waals surface area contributed by atoms with Gasteiger partial charge in [0.05, 0.1) is 29.4 Å². The van der Waals surface area contributed by atoms with E-state index in [4.69, 9.17) is 19.4 Å². The lowest BCUT2D eigenvalue weighted by Gasteiger charge is -2.35. The van der Waals surface area contributed by atoms with Crippen molar-refractivity contribution in [1.29, 1.82) is 0 Å². The highest BCUT2D eigenvalue weighted by Gasteiger charge is 2.62. The number of nitrogens with one attached hydrogen (secondary N) is 3. The predicted molar refractivity (Wildman–Crippen MR) is 205 cm³/mol. The van der Waals surface area contributed by atoms with E-state index in [9.17, 15) is 27.6 Å². The standard InChI is InChI=1S/C40H46N6O8S/c1-5-26-22-40(26,37(49)45-55(51,52)28-16-17-28)44-34(47)31-21-27-23-46(31)36(48)33(39(2,3)4)43-38(50)53-19-11-7-8-12-24-15-18-29-30(20-24)42-35(54-27)32(41-29)25-13-9-6-10-14-25/h5-6,8-10,12-15,18,20,26-28,31,33H,1,7,11,16-17,19,21-23H2,2-4H3,(H,43,50)(H,44,47)(H,45,49)/b12-8+/t26-,27-,31+,33-,40+/m1/s1. The third-order valence-electron chi connectivity index (χ3n) is 10.5. The van der Waals surface area contributed by atoms with Crippen molar-refractivity contribution in [2.75, 3.05) is 13.2 Å². The van der Waals surface area contributed by atoms with E-state index >= 15 is 0 Å². The second-order valence-corrected chi connectivity index (χ2v) is 17.7. The van der Waals surface area contributed by atoms with Gasteiger partial charge in [0.25, 0.3) is 5.91 Å². The molecule has 0 spiro atoms. The Balaban J connectivity index is 1.26. The first-order valence-electron chi connectivity index (χ1n) is 18.6. The van der Waals surface area contributed by atoms with Gasteiger partial charge in [-0.15, -0.1) is 6.58 Å². The normalized spacial score (nSPS) is 26.5. The van der Waals surface area contributed by atoms with E-state index in [1.165, 1.54) is 11.0 Å². The highest BCUT2D eigenvalue weighted by molar-refractivity contribution is 7.91. The number of hydrogen-bond donors (Lipinski definition) is 3. The minimum atomic E-state index is -3.91. The molecular formula is C40H46N6O8S. The summed E-state index contributed by atoms with van der Waals surface area (Å²) in [6.45, 7) is 9.20. The van der Waals surface area contributed by atoms with Crippen LogP contribution in [0.1, 0.15) is 64.9 Å². The van der Waals surface area contributed by atoms with Gasteiger partial charge in [0, 0.05) is 17.9 Å². The van der Waals surface area contributed by atoms with Crippen LogP contribution in [-0.2, 0) is 29.1 Å². The van der Waals surface area contributed by atoms with Crippen molar-refractivity contribution < 1.29 is 37.1 Å². The van der Waals surface area contributed by atoms with Crippen molar-refractivity contribution in [3.05, 3.63) is 72.8 Å². The molecule has 3 aromatic rings. The Hall–Kier alpha value is -5.31. The number of carbonyl (C=O) groups excluding carboxylic acids is 4. The van der Waals surface area contributed by atoms with Crippen LogP contribution < -0.4 is 20.1 Å². The molecule has 3 fully saturated rings. The van der Waals surface area contributed by atoms with Crippen molar-refractivity contribution in [1.82, 2.24) is 30.2 Å². The molecule has 14 nitrogen and oxygen atoms in total. The van der Waals surface area contributed by atoms with Gasteiger partial charge < -0.3 is 25.0 Å². The van der Waals surface area contributed by atoms with Crippen LogP contribution in [0.4, 0.5) is 4.79 Å². The molecule has 5 atom stereocenters. The zero-order valence-corrected chi connectivity index (χ0v) is 31.9. The van der Waals surface area contributed by atoms with Gasteiger partial charge in [-0.1, -0.05) is 75.4 Å². The zero-order valence-electron chi connectivity index (χ0n) is 31.1. The van der Waals surface area contributed by atoms with Gasteiger partial charge in [-0.25, -0.2) is 23.2 Å². The molecule has 5 bridgehead atoms. The molecule has 1 aromatic heterocycles. The number of nitrogens with zero attached hydrogens (tertiary/aromatic N) is 3. The number of carbonyl (C=O) groups is 4. The second-order valence-electron chi connectivity index (χ2n) is 15.8. The Morgan fingerprint density at radius 1 is 1.07 bits per heavy atom. The maximum atomic E-state index is 14.6. The number of hydrogen-bond acceptors (Lipinski definition) is 10. The monoisotopic (exact) mass is 770 g/mol. The van der Waals surface area contributed by atoms with Crippen molar-refractivity contribution >= 4 is 50.9 Å². The van der Waals surface area contributed by atoms with Crippen LogP contribution in [0.3, 0.4) is 0 Å². The third kappa shape index (κ3) is 8.07. The summed E-state index contributed by atoms with van der Waals surface area (Å²) in [6, 6.07) is 12.9. The first-order valence-corrected chi connectivity index (χ1v) is 20.2. The number of benzene rings is 2. The third-order valence-corrected chi connectivity index (χ3v) is 12.3. The van der Waals surface area contributed by atoms with Crippen molar-refractivity contribution in [3.8, 4) is 17.1 Å². The van der Waals surface area contributed by atoms with E-state index in [0.717, 1.165) is 11.1 Å². The molecule has 2 aromatic carbocycles. The Labute approximate surface area is 320 Å². The molecule has 3 heterocycles. The average molecular weight is 771 g/mol. The van der Waals surface area contributed by atoms with E-state index in [0.29, 0.717) is 42.4 Å². The van der Waals surface area contributed by atoms with Crippen LogP contribution in [0.2, 0.25) is 0 Å². The fraction of sp³-hybridized carbons (Fsp3) is 0.450. The van der Waals surface area contributed by atoms with Crippen molar-refractivity contribution in [2.24, 2.45) is 11.3 Å². The van der Waals surface area contributed by atoms with Crippen LogP contribution >= 0.6 is 0 Å². The van der Waals surface area contributed by atoms with E-state index in [-0.39, 0.29) is 31.9 Å². The van der Waals surface area contributed by atoms with Crippen LogP contribution in [-0.4, -0.2) is 89.2 Å². The number of ether oxygens (including phenoxy) is 2. The maximum absolute atomic E-state index is 14.6. The van der Waals surface area contributed by atoms with Gasteiger partial charge in [-0.3, -0.25) is 19.1 Å². The Morgan fingerprint density at radius 2 is 1.84 bits per heavy atom. The molecule has 7 rings (SSSR count). The molecule has 1 saturated heterocycles. The second kappa shape index (κ2) is 14.7. The molecule has 2 saturated carbocycles. The summed E-state index contributed by atoms with van der Waals surface area (Å²) in [7, 11) is -3.91. The zero-order chi connectivity index (χ0) is 39.1. The highest BCUT2D eigenvalue weighted by atomic mass is 32.2. The molecule has 2 aliphatic carbocycles. The smallest absolute Gasteiger partial charge is 0.407 e. The summed E-state index contributed by atoms with van der Waals surface area (Å²) in [4.78, 5) is 66.8. The van der Waals surface area contributed by atoms with Gasteiger partial charge in [0.15, 0.2) is 0 Å². The van der Waals surface area contributed by atoms with Gasteiger partial charge in [-0.05, 0) is 55.2 Å². The molecule has 15 heteroatoms. The minimum Gasteiger partial charge on any atom is -0.471 e. The van der Waals surface area contributed by atoms with Gasteiger partial charge in [-0.2, -0.15) is 0 Å². The van der Waals surface area contributed by atoms with E-state index in [1.54, 1.807) is 20.8 Å². The van der Waals surface area contributed by atoms with Gasteiger partial charge >= 0.3 is 6.09 Å². The number of aromatic nitrogens is 2. The summed E-state index contributed by atoms with van der Waals surface area (Å²) in [5, 5.41) is 4.89. The largest absolute Gasteiger partial charge is 0.471 e. The minimum absolute atomic E-state index is 0.00751.